The van der Waals surface area contributed by atoms with Crippen LogP contribution in [0.2, 0.25) is 0 Å². The van der Waals surface area contributed by atoms with Crippen LogP contribution in [0.3, 0.4) is 0 Å². The molecular weight excluding hydrogens is 454 g/mol. The second-order valence-corrected chi connectivity index (χ2v) is 11.5. The highest BCUT2D eigenvalue weighted by Gasteiger charge is 2.52. The first-order valence-corrected chi connectivity index (χ1v) is 13.5. The lowest BCUT2D eigenvalue weighted by Crippen LogP contribution is -2.55. The zero-order valence-corrected chi connectivity index (χ0v) is 20.2. The number of carbonyl (C=O) groups is 2. The summed E-state index contributed by atoms with van der Waals surface area (Å²) in [6.07, 6.45) is 3.20. The standard InChI is InChI=1S/C25H29N3O5S/c1-17(20-6-5-19-9-14-33-22(19)15-20)27-12-10-25(11-13-27)23(29)28(24(30)26-25)16-18-3-7-21(8-4-18)34(2,31)32/h3-8,15,17H,9-14,16H2,1-2H3,(H,26,30)/t17-/m1/s1. The van der Waals surface area contributed by atoms with Crippen molar-refractivity contribution < 1.29 is 22.7 Å². The maximum absolute atomic E-state index is 13.3. The van der Waals surface area contributed by atoms with Crippen molar-refractivity contribution in [2.75, 3.05) is 26.0 Å². The van der Waals surface area contributed by atoms with Crippen molar-refractivity contribution in [3.05, 3.63) is 59.2 Å². The van der Waals surface area contributed by atoms with Gasteiger partial charge in [-0.05, 0) is 54.7 Å². The van der Waals surface area contributed by atoms with Crippen molar-refractivity contribution in [1.82, 2.24) is 15.1 Å². The Balaban J connectivity index is 1.24. The van der Waals surface area contributed by atoms with Gasteiger partial charge in [-0.2, -0.15) is 0 Å². The van der Waals surface area contributed by atoms with Gasteiger partial charge in [-0.25, -0.2) is 13.2 Å². The van der Waals surface area contributed by atoms with Crippen LogP contribution in [0, 0.1) is 0 Å². The van der Waals surface area contributed by atoms with Gasteiger partial charge in [0.05, 0.1) is 18.0 Å². The number of imide groups is 1. The molecule has 2 aromatic rings. The molecule has 2 aromatic carbocycles. The highest BCUT2D eigenvalue weighted by Crippen LogP contribution is 2.35. The van der Waals surface area contributed by atoms with Crippen molar-refractivity contribution in [3.63, 3.8) is 0 Å². The number of piperidine rings is 1. The van der Waals surface area contributed by atoms with E-state index in [2.05, 4.69) is 35.3 Å². The molecule has 2 saturated heterocycles. The average molecular weight is 484 g/mol. The van der Waals surface area contributed by atoms with Crippen molar-refractivity contribution in [2.24, 2.45) is 0 Å². The van der Waals surface area contributed by atoms with E-state index < -0.39 is 21.4 Å². The first-order valence-electron chi connectivity index (χ1n) is 11.6. The van der Waals surface area contributed by atoms with E-state index in [4.69, 9.17) is 4.74 Å². The van der Waals surface area contributed by atoms with Gasteiger partial charge < -0.3 is 10.1 Å². The molecule has 0 bridgehead atoms. The summed E-state index contributed by atoms with van der Waals surface area (Å²) in [5.74, 6) is 0.763. The molecule has 0 radical (unpaired) electrons. The van der Waals surface area contributed by atoms with Crippen molar-refractivity contribution in [3.8, 4) is 5.75 Å². The summed E-state index contributed by atoms with van der Waals surface area (Å²) in [5.41, 5.74) is 2.27. The fourth-order valence-corrected chi connectivity index (χ4v) is 5.76. The summed E-state index contributed by atoms with van der Waals surface area (Å²) in [7, 11) is -3.30. The second kappa shape index (κ2) is 8.39. The van der Waals surface area contributed by atoms with E-state index in [-0.39, 0.29) is 23.4 Å². The van der Waals surface area contributed by atoms with E-state index in [1.54, 1.807) is 12.1 Å². The Hall–Kier alpha value is -2.91. The molecule has 0 aliphatic carbocycles. The number of benzene rings is 2. The van der Waals surface area contributed by atoms with Gasteiger partial charge >= 0.3 is 6.03 Å². The number of ether oxygens (including phenoxy) is 1. The quantitative estimate of drug-likeness (QED) is 0.657. The van der Waals surface area contributed by atoms with Gasteiger partial charge in [-0.3, -0.25) is 14.6 Å². The lowest BCUT2D eigenvalue weighted by atomic mass is 9.86. The molecule has 5 rings (SSSR count). The zero-order valence-electron chi connectivity index (χ0n) is 19.4. The van der Waals surface area contributed by atoms with Crippen LogP contribution in [0.1, 0.15) is 42.5 Å². The number of fused-ring (bicyclic) bond motifs is 1. The van der Waals surface area contributed by atoms with Gasteiger partial charge in [-0.15, -0.1) is 0 Å². The van der Waals surface area contributed by atoms with Crippen LogP contribution in [-0.4, -0.2) is 61.6 Å². The van der Waals surface area contributed by atoms with Crippen LogP contribution in [0.5, 0.6) is 5.75 Å². The molecule has 1 N–H and O–H groups in total. The maximum Gasteiger partial charge on any atom is 0.325 e. The predicted octanol–water partition coefficient (Wildman–Crippen LogP) is 2.67. The third-order valence-corrected chi connectivity index (χ3v) is 8.47. The largest absolute Gasteiger partial charge is 0.493 e. The lowest BCUT2D eigenvalue weighted by molar-refractivity contribution is -0.133. The molecule has 0 unspecified atom stereocenters. The number of rotatable bonds is 5. The van der Waals surface area contributed by atoms with Gasteiger partial charge in [0.15, 0.2) is 9.84 Å². The number of nitrogens with zero attached hydrogens (tertiary/aromatic N) is 2. The van der Waals surface area contributed by atoms with E-state index in [9.17, 15) is 18.0 Å². The summed E-state index contributed by atoms with van der Waals surface area (Å²) in [4.78, 5) is 29.8. The molecule has 8 nitrogen and oxygen atoms in total. The summed E-state index contributed by atoms with van der Waals surface area (Å²) < 4.78 is 29.1. The van der Waals surface area contributed by atoms with Crippen molar-refractivity contribution in [1.29, 1.82) is 0 Å². The molecule has 9 heteroatoms. The number of sulfone groups is 1. The summed E-state index contributed by atoms with van der Waals surface area (Å²) in [6.45, 7) is 4.41. The third kappa shape index (κ3) is 4.07. The number of amides is 3. The number of nitrogens with one attached hydrogen (secondary N) is 1. The monoisotopic (exact) mass is 483 g/mol. The number of carbonyl (C=O) groups excluding carboxylic acids is 2. The molecule has 1 atom stereocenters. The minimum Gasteiger partial charge on any atom is -0.493 e. The van der Waals surface area contributed by atoms with Gasteiger partial charge in [0.2, 0.25) is 0 Å². The van der Waals surface area contributed by atoms with Gasteiger partial charge in [0.1, 0.15) is 11.3 Å². The molecule has 1 spiro atoms. The topological polar surface area (TPSA) is 96.0 Å². The summed E-state index contributed by atoms with van der Waals surface area (Å²) >= 11 is 0. The van der Waals surface area contributed by atoms with Crippen LogP contribution in [0.25, 0.3) is 0 Å². The fourth-order valence-electron chi connectivity index (χ4n) is 5.13. The SMILES string of the molecule is C[C@H](c1ccc2c(c1)OCC2)N1CCC2(CC1)NC(=O)N(Cc1ccc(S(C)(=O)=O)cc1)C2=O. The first kappa shape index (κ1) is 22.9. The molecule has 3 amide bonds. The Morgan fingerprint density at radius 3 is 2.47 bits per heavy atom. The zero-order chi connectivity index (χ0) is 24.1. The Bertz CT molecular complexity index is 1230. The fraction of sp³-hybridized carbons (Fsp3) is 0.440. The summed E-state index contributed by atoms with van der Waals surface area (Å²) in [6, 6.07) is 12.5. The maximum atomic E-state index is 13.3. The molecule has 2 fully saturated rings. The highest BCUT2D eigenvalue weighted by molar-refractivity contribution is 7.90. The van der Waals surface area contributed by atoms with Gasteiger partial charge in [-0.1, -0.05) is 24.3 Å². The second-order valence-electron chi connectivity index (χ2n) is 9.50. The van der Waals surface area contributed by atoms with Crippen LogP contribution in [0.4, 0.5) is 4.79 Å². The molecular formula is C25H29N3O5S. The van der Waals surface area contributed by atoms with E-state index >= 15 is 0 Å². The first-order chi connectivity index (χ1) is 16.2. The number of likely N-dealkylation sites (tertiary alicyclic amines) is 1. The van der Waals surface area contributed by atoms with Crippen LogP contribution in [0.15, 0.2) is 47.4 Å². The summed E-state index contributed by atoms with van der Waals surface area (Å²) in [5, 5.41) is 2.95. The molecule has 0 aromatic heterocycles. The minimum atomic E-state index is -3.30. The molecule has 3 aliphatic rings. The van der Waals surface area contributed by atoms with E-state index in [0.717, 1.165) is 25.0 Å². The molecule has 0 saturated carbocycles. The number of hydrogen-bond donors (Lipinski definition) is 1. The molecule has 3 heterocycles. The van der Waals surface area contributed by atoms with Crippen molar-refractivity contribution >= 4 is 21.8 Å². The van der Waals surface area contributed by atoms with Crippen molar-refractivity contribution in [2.45, 2.75) is 49.2 Å². The van der Waals surface area contributed by atoms with Crippen LogP contribution >= 0.6 is 0 Å². The highest BCUT2D eigenvalue weighted by atomic mass is 32.2. The predicted molar refractivity (Wildman–Crippen MR) is 126 cm³/mol. The Morgan fingerprint density at radius 1 is 1.09 bits per heavy atom. The minimum absolute atomic E-state index is 0.117. The average Bonchev–Trinajstić information content (AvgIpc) is 3.37. The van der Waals surface area contributed by atoms with E-state index in [0.29, 0.717) is 31.5 Å². The Labute approximate surface area is 199 Å². The normalized spacial score (nSPS) is 20.8. The van der Waals surface area contributed by atoms with E-state index in [1.165, 1.54) is 28.2 Å². The van der Waals surface area contributed by atoms with Gasteiger partial charge in [0.25, 0.3) is 5.91 Å². The third-order valence-electron chi connectivity index (χ3n) is 7.34. The molecule has 180 valence electrons. The van der Waals surface area contributed by atoms with Crippen LogP contribution in [-0.2, 0) is 27.6 Å². The molecule has 34 heavy (non-hydrogen) atoms. The van der Waals surface area contributed by atoms with E-state index in [1.807, 2.05) is 0 Å². The Morgan fingerprint density at radius 2 is 1.79 bits per heavy atom. The number of urea groups is 1. The van der Waals surface area contributed by atoms with Crippen LogP contribution < -0.4 is 10.1 Å². The lowest BCUT2D eigenvalue weighted by Gasteiger charge is -2.40. The smallest absolute Gasteiger partial charge is 0.325 e. The number of hydrogen-bond acceptors (Lipinski definition) is 6. The Kier molecular flexibility index (Phi) is 5.64. The molecule has 3 aliphatic heterocycles. The van der Waals surface area contributed by atoms with Gasteiger partial charge in [0, 0.05) is 31.8 Å².